The minimum Gasteiger partial charge on any atom is -0.413 e. The van der Waals surface area contributed by atoms with Crippen LogP contribution in [0.15, 0.2) is 0 Å². The zero-order chi connectivity index (χ0) is 12.2. The maximum absolute atomic E-state index is 11.1. The van der Waals surface area contributed by atoms with E-state index in [2.05, 4.69) is 25.5 Å². The molecule has 4 nitrogen and oxygen atoms in total. The molecule has 1 fully saturated rings. The number of cyclic esters (lactones) is 2. The quantitative estimate of drug-likeness (QED) is 0.423. The Morgan fingerprint density at radius 3 is 1.94 bits per heavy atom. The number of hydrogen-bond acceptors (Lipinski definition) is 4. The minimum atomic E-state index is -1.72. The molecule has 0 spiro atoms. The average Bonchev–Trinajstić information content (AvgIpc) is 2.25. The zero-order valence-corrected chi connectivity index (χ0v) is 11.2. The van der Waals surface area contributed by atoms with E-state index in [0.717, 1.165) is 18.1 Å². The van der Waals surface area contributed by atoms with Crippen LogP contribution in [0.3, 0.4) is 0 Å². The second kappa shape index (κ2) is 5.59. The molecule has 0 aromatic rings. The number of hydrogen-bond donors (Lipinski definition) is 0. The van der Waals surface area contributed by atoms with Crippen molar-refractivity contribution in [1.82, 2.24) is 0 Å². The Kier molecular flexibility index (Phi) is 4.67. The smallest absolute Gasteiger partial charge is 0.316 e. The fraction of sp³-hybridized carbons (Fsp3) is 0.818. The molecule has 1 rings (SSSR count). The van der Waals surface area contributed by atoms with Crippen molar-refractivity contribution in [3.8, 4) is 0 Å². The summed E-state index contributed by atoms with van der Waals surface area (Å²) in [6.07, 6.45) is 0.196. The second-order valence-electron chi connectivity index (χ2n) is 4.24. The Labute approximate surface area is 97.4 Å². The topological polar surface area (TPSA) is 52.6 Å². The van der Waals surface area contributed by atoms with E-state index in [-0.39, 0.29) is 18.9 Å². The summed E-state index contributed by atoms with van der Waals surface area (Å²) >= 11 is 0. The third-order valence-electron chi connectivity index (χ3n) is 3.37. The van der Waals surface area contributed by atoms with E-state index < -0.39 is 20.3 Å². The van der Waals surface area contributed by atoms with Gasteiger partial charge in [-0.15, -0.1) is 0 Å². The lowest BCUT2D eigenvalue weighted by Gasteiger charge is -2.33. The molecule has 0 atom stereocenters. The van der Waals surface area contributed by atoms with Gasteiger partial charge in [0.15, 0.2) is 8.32 Å². The first-order valence-electron chi connectivity index (χ1n) is 5.96. The summed E-state index contributed by atoms with van der Waals surface area (Å²) in [5.41, 5.74) is 0. The summed E-state index contributed by atoms with van der Waals surface area (Å²) in [6, 6.07) is 3.08. The lowest BCUT2D eigenvalue weighted by molar-refractivity contribution is -0.167. The Balaban J connectivity index is 2.64. The van der Waals surface area contributed by atoms with Crippen LogP contribution in [0.5, 0.6) is 0 Å². The average molecular weight is 244 g/mol. The van der Waals surface area contributed by atoms with E-state index in [4.69, 9.17) is 4.43 Å². The third-order valence-corrected chi connectivity index (χ3v) is 8.07. The van der Waals surface area contributed by atoms with Crippen LogP contribution in [0.25, 0.3) is 0 Å². The van der Waals surface area contributed by atoms with Gasteiger partial charge in [-0.25, -0.2) is 0 Å². The fourth-order valence-electron chi connectivity index (χ4n) is 2.09. The van der Waals surface area contributed by atoms with Crippen molar-refractivity contribution in [2.45, 2.75) is 57.8 Å². The summed E-state index contributed by atoms with van der Waals surface area (Å²) in [6.45, 7) is 6.38. The number of carbonyl (C=O) groups is 2. The number of rotatable bonds is 5. The fourth-order valence-corrected chi connectivity index (χ4v) is 4.96. The molecule has 16 heavy (non-hydrogen) atoms. The highest BCUT2D eigenvalue weighted by atomic mass is 28.4. The van der Waals surface area contributed by atoms with E-state index in [1.807, 2.05) is 0 Å². The van der Waals surface area contributed by atoms with Crippen LogP contribution in [-0.2, 0) is 18.8 Å². The molecule has 5 heteroatoms. The highest BCUT2D eigenvalue weighted by Gasteiger charge is 2.36. The molecule has 1 aliphatic rings. The monoisotopic (exact) mass is 244 g/mol. The predicted octanol–water partition coefficient (Wildman–Crippen LogP) is 2.24. The van der Waals surface area contributed by atoms with Crippen molar-refractivity contribution in [2.24, 2.45) is 0 Å². The van der Waals surface area contributed by atoms with Crippen molar-refractivity contribution in [2.75, 3.05) is 0 Å². The normalized spacial score (nSPS) is 18.7. The zero-order valence-electron chi connectivity index (χ0n) is 10.2. The minimum absolute atomic E-state index is 0.223. The van der Waals surface area contributed by atoms with Crippen LogP contribution >= 0.6 is 0 Å². The summed E-state index contributed by atoms with van der Waals surface area (Å²) in [7, 11) is -1.72. The highest BCUT2D eigenvalue weighted by Crippen LogP contribution is 2.27. The molecular weight excluding hydrogens is 224 g/mol. The maximum atomic E-state index is 11.1. The molecule has 0 aromatic heterocycles. The Morgan fingerprint density at radius 2 is 1.56 bits per heavy atom. The van der Waals surface area contributed by atoms with Crippen molar-refractivity contribution < 1.29 is 18.8 Å². The second-order valence-corrected chi connectivity index (χ2v) is 8.96. The van der Waals surface area contributed by atoms with E-state index >= 15 is 0 Å². The molecule has 1 aliphatic heterocycles. The molecule has 1 heterocycles. The van der Waals surface area contributed by atoms with Crippen LogP contribution in [0.4, 0.5) is 0 Å². The van der Waals surface area contributed by atoms with Gasteiger partial charge in [0, 0.05) is 0 Å². The summed E-state index contributed by atoms with van der Waals surface area (Å²) in [5.74, 6) is -0.903. The molecular formula is C11H20O4Si. The van der Waals surface area contributed by atoms with Gasteiger partial charge in [0.1, 0.15) is 0 Å². The first-order chi connectivity index (χ1) is 7.55. The van der Waals surface area contributed by atoms with E-state index in [1.165, 1.54) is 0 Å². The van der Waals surface area contributed by atoms with Gasteiger partial charge in [-0.2, -0.15) is 0 Å². The van der Waals surface area contributed by atoms with Crippen LogP contribution in [0, 0.1) is 0 Å². The van der Waals surface area contributed by atoms with E-state index in [1.54, 1.807) is 0 Å². The maximum Gasteiger partial charge on any atom is 0.316 e. The van der Waals surface area contributed by atoms with Gasteiger partial charge in [0.2, 0.25) is 0 Å². The molecule has 0 amide bonds. The Hall–Kier alpha value is -0.683. The molecule has 0 N–H and O–H groups in total. The van der Waals surface area contributed by atoms with Crippen molar-refractivity contribution in [1.29, 1.82) is 0 Å². The van der Waals surface area contributed by atoms with Crippen LogP contribution in [-0.4, -0.2) is 26.4 Å². The van der Waals surface area contributed by atoms with Gasteiger partial charge in [-0.3, -0.25) is 9.59 Å². The van der Waals surface area contributed by atoms with Crippen LogP contribution in [0.1, 0.15) is 33.6 Å². The molecule has 0 saturated carbocycles. The summed E-state index contributed by atoms with van der Waals surface area (Å²) in [4.78, 5) is 22.3. The number of esters is 2. The molecule has 1 saturated heterocycles. The van der Waals surface area contributed by atoms with Gasteiger partial charge in [-0.05, 0) is 18.1 Å². The first kappa shape index (κ1) is 13.4. The van der Waals surface area contributed by atoms with Crippen LogP contribution < -0.4 is 0 Å². The van der Waals surface area contributed by atoms with Gasteiger partial charge >= 0.3 is 11.9 Å². The Bertz CT molecular complexity index is 249. The molecule has 0 unspecified atom stereocenters. The number of ether oxygens (including phenoxy) is 1. The van der Waals surface area contributed by atoms with Crippen molar-refractivity contribution >= 4 is 20.3 Å². The molecule has 0 radical (unpaired) electrons. The lowest BCUT2D eigenvalue weighted by atomic mass is 10.1. The van der Waals surface area contributed by atoms with Crippen molar-refractivity contribution in [3.05, 3.63) is 0 Å². The van der Waals surface area contributed by atoms with Gasteiger partial charge in [0.05, 0.1) is 18.9 Å². The van der Waals surface area contributed by atoms with Gasteiger partial charge in [-0.1, -0.05) is 20.8 Å². The molecule has 92 valence electrons. The lowest BCUT2D eigenvalue weighted by Crippen LogP contribution is -2.43. The largest absolute Gasteiger partial charge is 0.413 e. The SMILES string of the molecule is CC[Si](CC)(CC)OC1CC(=O)OC(=O)C1. The predicted molar refractivity (Wildman–Crippen MR) is 62.4 cm³/mol. The third kappa shape index (κ3) is 3.15. The summed E-state index contributed by atoms with van der Waals surface area (Å²) in [5, 5.41) is 0. The van der Waals surface area contributed by atoms with E-state index in [9.17, 15) is 9.59 Å². The highest BCUT2D eigenvalue weighted by molar-refractivity contribution is 6.73. The van der Waals surface area contributed by atoms with Gasteiger partial charge in [0.25, 0.3) is 0 Å². The number of carbonyl (C=O) groups excluding carboxylic acids is 2. The van der Waals surface area contributed by atoms with E-state index in [0.29, 0.717) is 0 Å². The van der Waals surface area contributed by atoms with Crippen molar-refractivity contribution in [3.63, 3.8) is 0 Å². The molecule has 0 bridgehead atoms. The van der Waals surface area contributed by atoms with Crippen LogP contribution in [0.2, 0.25) is 18.1 Å². The molecule has 0 aromatic carbocycles. The standard InChI is InChI=1S/C11H20O4Si/c1-4-16(5-2,6-3)15-9-7-10(12)14-11(13)8-9/h9H,4-8H2,1-3H3. The van der Waals surface area contributed by atoms with Gasteiger partial charge < -0.3 is 9.16 Å². The Morgan fingerprint density at radius 1 is 1.12 bits per heavy atom. The summed E-state index contributed by atoms with van der Waals surface area (Å²) < 4.78 is 10.6. The first-order valence-corrected chi connectivity index (χ1v) is 8.49. The molecule has 0 aliphatic carbocycles.